The molecule has 4 rings (SSSR count). The largest absolute Gasteiger partial charge is 0.399 e. The van der Waals surface area contributed by atoms with Gasteiger partial charge in [-0.05, 0) is 60.4 Å². The van der Waals surface area contributed by atoms with Crippen LogP contribution in [0.1, 0.15) is 30.0 Å². The average Bonchev–Trinajstić information content (AvgIpc) is 3.00. The van der Waals surface area contributed by atoms with E-state index in [1.807, 2.05) is 12.1 Å². The van der Waals surface area contributed by atoms with Gasteiger partial charge in [-0.15, -0.1) is 0 Å². The highest BCUT2D eigenvalue weighted by Gasteiger charge is 2.26. The predicted molar refractivity (Wildman–Crippen MR) is 106 cm³/mol. The SMILES string of the molecule is Nc1ccc(C2CCN(c3nccc(C=C4SC(=O)NC4=O)n3)CC2)cc1. The number of carbonyl (C=O) groups is 2. The van der Waals surface area contributed by atoms with E-state index >= 15 is 0 Å². The number of nitrogens with two attached hydrogens (primary N) is 1. The molecule has 7 nitrogen and oxygen atoms in total. The fraction of sp³-hybridized carbons (Fsp3) is 0.263. The lowest BCUT2D eigenvalue weighted by Gasteiger charge is -2.32. The Hall–Kier alpha value is -2.87. The van der Waals surface area contributed by atoms with Crippen molar-refractivity contribution in [1.82, 2.24) is 15.3 Å². The zero-order valence-corrected chi connectivity index (χ0v) is 15.4. The van der Waals surface area contributed by atoms with Crippen molar-refractivity contribution in [2.45, 2.75) is 18.8 Å². The molecule has 2 aromatic rings. The molecule has 1 aromatic heterocycles. The second-order valence-electron chi connectivity index (χ2n) is 6.56. The van der Waals surface area contributed by atoms with Crippen molar-refractivity contribution in [3.63, 3.8) is 0 Å². The van der Waals surface area contributed by atoms with Crippen molar-refractivity contribution < 1.29 is 9.59 Å². The first-order chi connectivity index (χ1) is 13.1. The number of thioether (sulfide) groups is 1. The molecule has 2 saturated heterocycles. The fourth-order valence-corrected chi connectivity index (χ4v) is 4.00. The normalized spacial score (nSPS) is 19.6. The molecule has 27 heavy (non-hydrogen) atoms. The molecular weight excluding hydrogens is 362 g/mol. The number of piperidine rings is 1. The molecule has 0 saturated carbocycles. The summed E-state index contributed by atoms with van der Waals surface area (Å²) in [7, 11) is 0. The molecule has 3 heterocycles. The summed E-state index contributed by atoms with van der Waals surface area (Å²) in [6.07, 6.45) is 5.34. The molecule has 2 aliphatic heterocycles. The van der Waals surface area contributed by atoms with Crippen molar-refractivity contribution in [2.24, 2.45) is 0 Å². The maximum Gasteiger partial charge on any atom is 0.290 e. The van der Waals surface area contributed by atoms with Crippen molar-refractivity contribution in [1.29, 1.82) is 0 Å². The van der Waals surface area contributed by atoms with Gasteiger partial charge in [-0.25, -0.2) is 9.97 Å². The lowest BCUT2D eigenvalue weighted by molar-refractivity contribution is -0.115. The zero-order valence-electron chi connectivity index (χ0n) is 14.6. The Kier molecular flexibility index (Phi) is 4.81. The lowest BCUT2D eigenvalue weighted by atomic mass is 9.89. The summed E-state index contributed by atoms with van der Waals surface area (Å²) < 4.78 is 0. The molecule has 0 spiro atoms. The van der Waals surface area contributed by atoms with Gasteiger partial charge in [0.25, 0.3) is 11.1 Å². The van der Waals surface area contributed by atoms with Crippen LogP contribution >= 0.6 is 11.8 Å². The van der Waals surface area contributed by atoms with E-state index < -0.39 is 0 Å². The third kappa shape index (κ3) is 3.95. The number of nitrogen functional groups attached to an aromatic ring is 1. The van der Waals surface area contributed by atoms with E-state index in [1.54, 1.807) is 18.3 Å². The Balaban J connectivity index is 1.44. The molecule has 1 aromatic carbocycles. The number of amides is 2. The van der Waals surface area contributed by atoms with Gasteiger partial charge in [0, 0.05) is 25.0 Å². The van der Waals surface area contributed by atoms with Gasteiger partial charge in [-0.2, -0.15) is 0 Å². The first-order valence-electron chi connectivity index (χ1n) is 8.77. The van der Waals surface area contributed by atoms with Gasteiger partial charge in [0.2, 0.25) is 5.95 Å². The van der Waals surface area contributed by atoms with Crippen LogP contribution in [0.3, 0.4) is 0 Å². The molecule has 3 N–H and O–H groups in total. The van der Waals surface area contributed by atoms with Crippen LogP contribution in [-0.2, 0) is 4.79 Å². The van der Waals surface area contributed by atoms with Gasteiger partial charge < -0.3 is 10.6 Å². The van der Waals surface area contributed by atoms with Crippen LogP contribution in [-0.4, -0.2) is 34.2 Å². The number of anilines is 2. The molecule has 0 atom stereocenters. The topological polar surface area (TPSA) is 101 Å². The van der Waals surface area contributed by atoms with Crippen molar-refractivity contribution in [2.75, 3.05) is 23.7 Å². The minimum absolute atomic E-state index is 0.353. The van der Waals surface area contributed by atoms with Gasteiger partial charge in [-0.3, -0.25) is 14.9 Å². The van der Waals surface area contributed by atoms with Gasteiger partial charge in [0.15, 0.2) is 0 Å². The highest BCUT2D eigenvalue weighted by molar-refractivity contribution is 8.18. The smallest absolute Gasteiger partial charge is 0.290 e. The van der Waals surface area contributed by atoms with E-state index in [-0.39, 0.29) is 11.1 Å². The standard InChI is InChI=1S/C19H19N5O2S/c20-14-3-1-12(2-4-14)13-6-9-24(10-7-13)18-21-8-5-15(22-18)11-16-17(25)23-19(26)27-16/h1-5,8,11,13H,6-7,9-10,20H2,(H,23,25,26). The number of nitrogens with one attached hydrogen (secondary N) is 1. The van der Waals surface area contributed by atoms with Gasteiger partial charge in [-0.1, -0.05) is 12.1 Å². The van der Waals surface area contributed by atoms with Crippen molar-refractivity contribution >= 4 is 40.6 Å². The first kappa shape index (κ1) is 17.5. The quantitative estimate of drug-likeness (QED) is 0.623. The Morgan fingerprint density at radius 3 is 2.56 bits per heavy atom. The number of imide groups is 1. The first-order valence-corrected chi connectivity index (χ1v) is 9.58. The predicted octanol–water partition coefficient (Wildman–Crippen LogP) is 2.77. The highest BCUT2D eigenvalue weighted by atomic mass is 32.2. The van der Waals surface area contributed by atoms with Gasteiger partial charge >= 0.3 is 0 Å². The van der Waals surface area contributed by atoms with E-state index in [2.05, 4.69) is 32.3 Å². The zero-order chi connectivity index (χ0) is 18.8. The second kappa shape index (κ2) is 7.40. The summed E-state index contributed by atoms with van der Waals surface area (Å²) in [5.74, 6) is 0.779. The monoisotopic (exact) mass is 381 g/mol. The number of benzene rings is 1. The number of aromatic nitrogens is 2. The minimum Gasteiger partial charge on any atom is -0.399 e. The molecule has 0 aliphatic carbocycles. The maximum absolute atomic E-state index is 11.7. The molecular formula is C19H19N5O2S. The Labute approximate surface area is 161 Å². The van der Waals surface area contributed by atoms with Crippen molar-refractivity contribution in [3.05, 3.63) is 52.7 Å². The van der Waals surface area contributed by atoms with Crippen LogP contribution in [0.2, 0.25) is 0 Å². The third-order valence-corrected chi connectivity index (χ3v) is 5.58. The number of carbonyl (C=O) groups excluding carboxylic acids is 2. The van der Waals surface area contributed by atoms with Crippen LogP contribution in [0, 0.1) is 0 Å². The summed E-state index contributed by atoms with van der Waals surface area (Å²) >= 11 is 0.887. The molecule has 2 amide bonds. The van der Waals surface area contributed by atoms with Crippen LogP contribution in [0.25, 0.3) is 6.08 Å². The molecule has 0 bridgehead atoms. The van der Waals surface area contributed by atoms with Crippen molar-refractivity contribution in [3.8, 4) is 0 Å². The Morgan fingerprint density at radius 1 is 1.15 bits per heavy atom. The fourth-order valence-electron chi connectivity index (χ4n) is 3.33. The molecule has 138 valence electrons. The molecule has 8 heteroatoms. The number of rotatable bonds is 3. The van der Waals surface area contributed by atoms with Crippen LogP contribution < -0.4 is 16.0 Å². The maximum atomic E-state index is 11.7. The lowest BCUT2D eigenvalue weighted by Crippen LogP contribution is -2.34. The van der Waals surface area contributed by atoms with E-state index in [4.69, 9.17) is 5.73 Å². The summed E-state index contributed by atoms with van der Waals surface area (Å²) in [4.78, 5) is 34.4. The Bertz CT molecular complexity index is 905. The highest BCUT2D eigenvalue weighted by Crippen LogP contribution is 2.30. The van der Waals surface area contributed by atoms with E-state index in [9.17, 15) is 9.59 Å². The van der Waals surface area contributed by atoms with E-state index in [0.717, 1.165) is 43.4 Å². The molecule has 0 unspecified atom stereocenters. The van der Waals surface area contributed by atoms with Gasteiger partial charge in [0.05, 0.1) is 10.6 Å². The molecule has 2 aliphatic rings. The number of nitrogens with zero attached hydrogens (tertiary/aromatic N) is 3. The molecule has 0 radical (unpaired) electrons. The van der Waals surface area contributed by atoms with Crippen LogP contribution in [0.15, 0.2) is 41.4 Å². The van der Waals surface area contributed by atoms with Crippen LogP contribution in [0.4, 0.5) is 16.4 Å². The van der Waals surface area contributed by atoms with Gasteiger partial charge in [0.1, 0.15) is 0 Å². The minimum atomic E-state index is -0.380. The summed E-state index contributed by atoms with van der Waals surface area (Å²) in [6.45, 7) is 1.73. The number of hydrogen-bond acceptors (Lipinski definition) is 7. The average molecular weight is 381 g/mol. The summed E-state index contributed by atoms with van der Waals surface area (Å²) in [6, 6.07) is 9.83. The summed E-state index contributed by atoms with van der Waals surface area (Å²) in [5.41, 5.74) is 8.49. The van der Waals surface area contributed by atoms with Crippen LogP contribution in [0.5, 0.6) is 0 Å². The summed E-state index contributed by atoms with van der Waals surface area (Å²) in [5, 5.41) is 1.89. The Morgan fingerprint density at radius 2 is 1.89 bits per heavy atom. The number of hydrogen-bond donors (Lipinski definition) is 2. The second-order valence-corrected chi connectivity index (χ2v) is 7.58. The van der Waals surface area contributed by atoms with E-state index in [0.29, 0.717) is 22.5 Å². The molecule has 2 fully saturated rings. The van der Waals surface area contributed by atoms with E-state index in [1.165, 1.54) is 5.56 Å². The third-order valence-electron chi connectivity index (χ3n) is 4.77.